The Morgan fingerprint density at radius 3 is 2.39 bits per heavy atom. The molecular weight excluding hydrogens is 399 g/mol. The fourth-order valence-electron chi connectivity index (χ4n) is 4.19. The molecule has 0 bridgehead atoms. The molecule has 3 amide bonds. The Kier molecular flexibility index (Phi) is 5.93. The van der Waals surface area contributed by atoms with E-state index in [4.69, 9.17) is 4.74 Å². The maximum atomic E-state index is 13.6. The predicted octanol–water partition coefficient (Wildman–Crippen LogP) is 2.38. The molecular formula is C23H27FN4O3. The molecule has 2 fully saturated rings. The smallest absolute Gasteiger partial charge is 0.326 e. The van der Waals surface area contributed by atoms with Gasteiger partial charge in [0, 0.05) is 38.3 Å². The third-order valence-electron chi connectivity index (χ3n) is 6.07. The Labute approximate surface area is 181 Å². The van der Waals surface area contributed by atoms with Gasteiger partial charge in [0.15, 0.2) is 0 Å². The molecule has 2 saturated heterocycles. The van der Waals surface area contributed by atoms with Crippen LogP contribution in [0.4, 0.5) is 9.18 Å². The fourth-order valence-corrected chi connectivity index (χ4v) is 4.19. The van der Waals surface area contributed by atoms with Crippen LogP contribution in [-0.2, 0) is 16.9 Å². The lowest BCUT2D eigenvalue weighted by Gasteiger charge is -2.36. The SMILES string of the molecule is COc1ccc(F)cc1CN1CCN(CN2C(=O)N[C@](C)(c3ccccc3)C2=O)CC1. The van der Waals surface area contributed by atoms with Gasteiger partial charge in [0.1, 0.15) is 17.1 Å². The molecule has 2 aliphatic heterocycles. The molecule has 0 aromatic heterocycles. The van der Waals surface area contributed by atoms with Gasteiger partial charge in [-0.05, 0) is 30.7 Å². The molecule has 4 rings (SSSR count). The largest absolute Gasteiger partial charge is 0.496 e. The number of nitrogens with one attached hydrogen (secondary N) is 1. The average Bonchev–Trinajstić information content (AvgIpc) is 3.00. The molecule has 1 atom stereocenters. The summed E-state index contributed by atoms with van der Waals surface area (Å²) in [5.74, 6) is 0.147. The Hall–Kier alpha value is -2.97. The molecule has 8 heteroatoms. The summed E-state index contributed by atoms with van der Waals surface area (Å²) in [5, 5.41) is 2.85. The van der Waals surface area contributed by atoms with E-state index in [1.54, 1.807) is 20.1 Å². The molecule has 31 heavy (non-hydrogen) atoms. The number of urea groups is 1. The lowest BCUT2D eigenvalue weighted by molar-refractivity contribution is -0.132. The Balaban J connectivity index is 1.36. The molecule has 2 aromatic rings. The monoisotopic (exact) mass is 426 g/mol. The van der Waals surface area contributed by atoms with Crippen LogP contribution < -0.4 is 10.1 Å². The van der Waals surface area contributed by atoms with Crippen molar-refractivity contribution >= 4 is 11.9 Å². The van der Waals surface area contributed by atoms with Crippen molar-refractivity contribution < 1.29 is 18.7 Å². The van der Waals surface area contributed by atoms with Crippen LogP contribution in [0.2, 0.25) is 0 Å². The van der Waals surface area contributed by atoms with Gasteiger partial charge in [-0.25, -0.2) is 14.1 Å². The number of ether oxygens (including phenoxy) is 1. The third kappa shape index (κ3) is 4.26. The van der Waals surface area contributed by atoms with Gasteiger partial charge in [0.2, 0.25) is 0 Å². The first-order chi connectivity index (χ1) is 14.9. The number of carbonyl (C=O) groups excluding carboxylic acids is 2. The van der Waals surface area contributed by atoms with Gasteiger partial charge in [-0.3, -0.25) is 14.6 Å². The molecule has 2 aromatic carbocycles. The van der Waals surface area contributed by atoms with Crippen LogP contribution in [0.3, 0.4) is 0 Å². The van der Waals surface area contributed by atoms with Crippen LogP contribution >= 0.6 is 0 Å². The zero-order chi connectivity index (χ0) is 22.0. The lowest BCUT2D eigenvalue weighted by Crippen LogP contribution is -2.51. The molecule has 0 aliphatic carbocycles. The first-order valence-electron chi connectivity index (χ1n) is 10.4. The minimum atomic E-state index is -1.05. The molecule has 2 heterocycles. The number of nitrogens with zero attached hydrogens (tertiary/aromatic N) is 3. The number of amides is 3. The zero-order valence-electron chi connectivity index (χ0n) is 17.8. The van der Waals surface area contributed by atoms with Crippen LogP contribution in [0.5, 0.6) is 5.75 Å². The number of carbonyl (C=O) groups is 2. The van der Waals surface area contributed by atoms with Gasteiger partial charge in [0.05, 0.1) is 13.8 Å². The van der Waals surface area contributed by atoms with Crippen molar-refractivity contribution in [1.29, 1.82) is 0 Å². The highest BCUT2D eigenvalue weighted by molar-refractivity contribution is 6.07. The number of halogens is 1. The molecule has 0 spiro atoms. The van der Waals surface area contributed by atoms with Crippen LogP contribution in [0.1, 0.15) is 18.1 Å². The maximum absolute atomic E-state index is 13.6. The van der Waals surface area contributed by atoms with Crippen molar-refractivity contribution in [3.05, 3.63) is 65.5 Å². The van der Waals surface area contributed by atoms with Crippen molar-refractivity contribution in [2.75, 3.05) is 40.0 Å². The molecule has 0 radical (unpaired) electrons. The quantitative estimate of drug-likeness (QED) is 0.719. The summed E-state index contributed by atoms with van der Waals surface area (Å²) < 4.78 is 19.0. The summed E-state index contributed by atoms with van der Waals surface area (Å²) in [6, 6.07) is 13.5. The molecule has 1 N–H and O–H groups in total. The summed E-state index contributed by atoms with van der Waals surface area (Å²) in [6.45, 7) is 5.49. The van der Waals surface area contributed by atoms with Crippen molar-refractivity contribution in [2.24, 2.45) is 0 Å². The van der Waals surface area contributed by atoms with Crippen LogP contribution in [0.25, 0.3) is 0 Å². The second kappa shape index (κ2) is 8.64. The Bertz CT molecular complexity index is 963. The fraction of sp³-hybridized carbons (Fsp3) is 0.391. The Morgan fingerprint density at radius 2 is 1.71 bits per heavy atom. The molecule has 164 valence electrons. The van der Waals surface area contributed by atoms with Gasteiger partial charge in [-0.15, -0.1) is 0 Å². The van der Waals surface area contributed by atoms with Crippen LogP contribution in [-0.4, -0.2) is 66.6 Å². The summed E-state index contributed by atoms with van der Waals surface area (Å²) in [6.07, 6.45) is 0. The molecule has 2 aliphatic rings. The van der Waals surface area contributed by atoms with Gasteiger partial charge in [0.25, 0.3) is 5.91 Å². The maximum Gasteiger partial charge on any atom is 0.326 e. The number of benzene rings is 2. The number of imide groups is 1. The summed E-state index contributed by atoms with van der Waals surface area (Å²) >= 11 is 0. The standard InChI is InChI=1S/C23H27FN4O3/c1-23(18-6-4-3-5-7-18)21(29)28(22(30)25-23)16-27-12-10-26(11-13-27)15-17-14-19(24)8-9-20(17)31-2/h3-9,14H,10-13,15-16H2,1-2H3,(H,25,30)/t23-/m1/s1. The second-order valence-electron chi connectivity index (χ2n) is 8.15. The summed E-state index contributed by atoms with van der Waals surface area (Å²) in [7, 11) is 1.58. The van der Waals surface area contributed by atoms with Gasteiger partial charge >= 0.3 is 6.03 Å². The molecule has 0 unspecified atom stereocenters. The van der Waals surface area contributed by atoms with E-state index < -0.39 is 5.54 Å². The van der Waals surface area contributed by atoms with Gasteiger partial charge < -0.3 is 10.1 Å². The van der Waals surface area contributed by atoms with Crippen molar-refractivity contribution in [3.8, 4) is 5.75 Å². The normalized spacial score (nSPS) is 22.6. The Morgan fingerprint density at radius 1 is 1.03 bits per heavy atom. The predicted molar refractivity (Wildman–Crippen MR) is 114 cm³/mol. The topological polar surface area (TPSA) is 65.1 Å². The van der Waals surface area contributed by atoms with E-state index in [0.717, 1.165) is 24.2 Å². The number of piperazine rings is 1. The highest BCUT2D eigenvalue weighted by Crippen LogP contribution is 2.29. The summed E-state index contributed by atoms with van der Waals surface area (Å²) in [4.78, 5) is 31.2. The van der Waals surface area contributed by atoms with E-state index in [2.05, 4.69) is 15.1 Å². The minimum Gasteiger partial charge on any atom is -0.496 e. The van der Waals surface area contributed by atoms with Crippen LogP contribution in [0.15, 0.2) is 48.5 Å². The molecule has 0 saturated carbocycles. The van der Waals surface area contributed by atoms with E-state index in [1.807, 2.05) is 30.3 Å². The lowest BCUT2D eigenvalue weighted by atomic mass is 9.92. The number of hydrogen-bond acceptors (Lipinski definition) is 5. The number of hydrogen-bond donors (Lipinski definition) is 1. The highest BCUT2D eigenvalue weighted by Gasteiger charge is 2.49. The van der Waals surface area contributed by atoms with Crippen molar-refractivity contribution in [2.45, 2.75) is 19.0 Å². The van der Waals surface area contributed by atoms with E-state index in [-0.39, 0.29) is 24.4 Å². The zero-order valence-corrected chi connectivity index (χ0v) is 17.8. The molecule has 7 nitrogen and oxygen atoms in total. The number of rotatable bonds is 6. The van der Waals surface area contributed by atoms with E-state index in [0.29, 0.717) is 25.4 Å². The van der Waals surface area contributed by atoms with Gasteiger partial charge in [-0.1, -0.05) is 30.3 Å². The minimum absolute atomic E-state index is 0.240. The van der Waals surface area contributed by atoms with Crippen molar-refractivity contribution in [3.63, 3.8) is 0 Å². The average molecular weight is 426 g/mol. The highest BCUT2D eigenvalue weighted by atomic mass is 19.1. The van der Waals surface area contributed by atoms with Crippen molar-refractivity contribution in [1.82, 2.24) is 20.0 Å². The second-order valence-corrected chi connectivity index (χ2v) is 8.15. The number of methoxy groups -OCH3 is 1. The third-order valence-corrected chi connectivity index (χ3v) is 6.07. The van der Waals surface area contributed by atoms with Gasteiger partial charge in [-0.2, -0.15) is 0 Å². The first-order valence-corrected chi connectivity index (χ1v) is 10.4. The first kappa shape index (κ1) is 21.3. The van der Waals surface area contributed by atoms with E-state index >= 15 is 0 Å². The van der Waals surface area contributed by atoms with E-state index in [9.17, 15) is 14.0 Å². The summed E-state index contributed by atoms with van der Waals surface area (Å²) in [5.41, 5.74) is 0.530. The van der Waals surface area contributed by atoms with E-state index in [1.165, 1.54) is 17.0 Å². The van der Waals surface area contributed by atoms with Crippen LogP contribution in [0, 0.1) is 5.82 Å².